The number of thiazole rings is 1. The number of hydrogen-bond donors (Lipinski definition) is 1. The molecule has 0 unspecified atom stereocenters. The van der Waals surface area contributed by atoms with Crippen LogP contribution in [0, 0.1) is 13.8 Å². The summed E-state index contributed by atoms with van der Waals surface area (Å²) in [6, 6.07) is 6.27. The number of aromatic nitrogens is 1. The number of guanidine groups is 1. The molecule has 3 aliphatic heterocycles. The Kier molecular flexibility index (Phi) is 4.56. The Morgan fingerprint density at radius 2 is 2.03 bits per heavy atom. The summed E-state index contributed by atoms with van der Waals surface area (Å²) in [4.78, 5) is 31.6. The van der Waals surface area contributed by atoms with Gasteiger partial charge in [0.05, 0.1) is 36.1 Å². The normalized spacial score (nSPS) is 18.1. The third kappa shape index (κ3) is 3.30. The summed E-state index contributed by atoms with van der Waals surface area (Å²) < 4.78 is 5.46. The van der Waals surface area contributed by atoms with Crippen LogP contribution < -0.4 is 10.2 Å². The number of benzene rings is 1. The van der Waals surface area contributed by atoms with Crippen LogP contribution in [0.4, 0.5) is 11.4 Å². The predicted molar refractivity (Wildman–Crippen MR) is 114 cm³/mol. The molecule has 0 bridgehead atoms. The highest BCUT2D eigenvalue weighted by atomic mass is 32.1. The molecule has 4 heterocycles. The number of hydrogen-bond acceptors (Lipinski definition) is 8. The van der Waals surface area contributed by atoms with Crippen LogP contribution in [-0.2, 0) is 4.74 Å². The lowest BCUT2D eigenvalue weighted by Gasteiger charge is -2.31. The van der Waals surface area contributed by atoms with Crippen molar-refractivity contribution in [2.24, 2.45) is 9.98 Å². The van der Waals surface area contributed by atoms with Crippen LogP contribution >= 0.6 is 11.3 Å². The van der Waals surface area contributed by atoms with Crippen molar-refractivity contribution in [1.82, 2.24) is 15.2 Å². The van der Waals surface area contributed by atoms with Crippen molar-refractivity contribution in [1.29, 1.82) is 0 Å². The molecule has 2 aromatic rings. The van der Waals surface area contributed by atoms with E-state index in [0.717, 1.165) is 59.8 Å². The molecule has 1 amide bonds. The largest absolute Gasteiger partial charge is 0.378 e. The fraction of sp³-hybridized carbons (Fsp3) is 0.400. The average Bonchev–Trinajstić information content (AvgIpc) is 3.35. The summed E-state index contributed by atoms with van der Waals surface area (Å²) in [5.74, 6) is 1.23. The summed E-state index contributed by atoms with van der Waals surface area (Å²) in [6.45, 7) is 8.35. The van der Waals surface area contributed by atoms with Crippen LogP contribution in [0.1, 0.15) is 25.9 Å². The number of morpholine rings is 1. The highest BCUT2D eigenvalue weighted by molar-refractivity contribution is 7.13. The Hall–Kier alpha value is -2.78. The average molecular weight is 411 g/mol. The number of nitrogens with zero attached hydrogens (tertiary/aromatic N) is 5. The third-order valence-corrected chi connectivity index (χ3v) is 6.33. The second-order valence-corrected chi connectivity index (χ2v) is 8.40. The first-order valence-electron chi connectivity index (χ1n) is 9.73. The van der Waals surface area contributed by atoms with Gasteiger partial charge in [-0.15, -0.1) is 11.3 Å². The van der Waals surface area contributed by atoms with Crippen LogP contribution in [0.3, 0.4) is 0 Å². The molecule has 5 rings (SSSR count). The first-order valence-corrected chi connectivity index (χ1v) is 10.5. The molecule has 8 nitrogen and oxygen atoms in total. The monoisotopic (exact) mass is 410 g/mol. The van der Waals surface area contributed by atoms with E-state index in [9.17, 15) is 4.79 Å². The Labute approximate surface area is 172 Å². The van der Waals surface area contributed by atoms with E-state index in [1.165, 1.54) is 11.3 Å². The minimum atomic E-state index is -0.175. The Morgan fingerprint density at radius 1 is 1.21 bits per heavy atom. The number of aliphatic imine (C=N–C) groups is 2. The van der Waals surface area contributed by atoms with E-state index in [1.54, 1.807) is 0 Å². The first kappa shape index (κ1) is 18.3. The number of carbonyl (C=O) groups excluding carboxylic acids is 1. The van der Waals surface area contributed by atoms with Gasteiger partial charge in [0.15, 0.2) is 0 Å². The van der Waals surface area contributed by atoms with Gasteiger partial charge in [0.2, 0.25) is 5.96 Å². The fourth-order valence-electron chi connectivity index (χ4n) is 3.87. The number of ether oxygens (including phenoxy) is 1. The maximum absolute atomic E-state index is 12.9. The maximum atomic E-state index is 12.9. The third-order valence-electron chi connectivity index (χ3n) is 5.26. The van der Waals surface area contributed by atoms with E-state index < -0.39 is 0 Å². The van der Waals surface area contributed by atoms with Gasteiger partial charge >= 0.3 is 0 Å². The number of anilines is 1. The van der Waals surface area contributed by atoms with Gasteiger partial charge in [-0.2, -0.15) is 0 Å². The molecule has 1 aromatic heterocycles. The summed E-state index contributed by atoms with van der Waals surface area (Å²) >= 11 is 1.40. The van der Waals surface area contributed by atoms with E-state index in [4.69, 9.17) is 9.73 Å². The lowest BCUT2D eigenvalue weighted by Crippen LogP contribution is -2.47. The lowest BCUT2D eigenvalue weighted by atomic mass is 10.1. The van der Waals surface area contributed by atoms with Gasteiger partial charge < -0.3 is 9.64 Å². The zero-order valence-electron chi connectivity index (χ0n) is 16.4. The number of fused-ring (bicyclic) bond motifs is 3. The predicted octanol–water partition coefficient (Wildman–Crippen LogP) is 2.09. The molecule has 1 fully saturated rings. The standard InChI is InChI=1S/C20H22N6O2S/c1-12-17(29-13(2)22-12)19(27)24-20-23-16-11-14(25-7-9-28-10-8-25)3-4-15(16)18-21-5-6-26(18)20/h3-4,11H,5-10H2,1-2H3,(H,23,24,27). The van der Waals surface area contributed by atoms with Crippen LogP contribution in [0.2, 0.25) is 0 Å². The SMILES string of the molecule is Cc1nc(C)c(C(=O)NC2=Nc3cc(N4CCOCC4)ccc3C3=NCCN23)s1. The minimum absolute atomic E-state index is 0.175. The number of nitrogens with one attached hydrogen (secondary N) is 1. The van der Waals surface area contributed by atoms with E-state index in [0.29, 0.717) is 23.9 Å². The van der Waals surface area contributed by atoms with Gasteiger partial charge in [0, 0.05) is 30.9 Å². The first-order chi connectivity index (χ1) is 14.1. The quantitative estimate of drug-likeness (QED) is 0.820. The summed E-state index contributed by atoms with van der Waals surface area (Å²) in [6.07, 6.45) is 0. The molecule has 9 heteroatoms. The molecule has 3 aliphatic rings. The number of amidine groups is 1. The van der Waals surface area contributed by atoms with Crippen LogP contribution in [0.25, 0.3) is 0 Å². The number of amides is 1. The van der Waals surface area contributed by atoms with Gasteiger partial charge in [-0.05, 0) is 32.0 Å². The van der Waals surface area contributed by atoms with Gasteiger partial charge in [0.1, 0.15) is 10.7 Å². The van der Waals surface area contributed by atoms with Crippen molar-refractivity contribution in [2.75, 3.05) is 44.3 Å². The van der Waals surface area contributed by atoms with E-state index in [2.05, 4.69) is 38.4 Å². The van der Waals surface area contributed by atoms with E-state index in [1.807, 2.05) is 18.7 Å². The Morgan fingerprint density at radius 3 is 2.79 bits per heavy atom. The molecule has 0 saturated carbocycles. The van der Waals surface area contributed by atoms with E-state index in [-0.39, 0.29) is 5.91 Å². The zero-order valence-corrected chi connectivity index (χ0v) is 17.3. The van der Waals surface area contributed by atoms with Gasteiger partial charge in [0.25, 0.3) is 5.91 Å². The Bertz CT molecular complexity index is 1040. The number of rotatable bonds is 2. The van der Waals surface area contributed by atoms with Crippen LogP contribution in [0.5, 0.6) is 0 Å². The van der Waals surface area contributed by atoms with Crippen molar-refractivity contribution >= 4 is 40.4 Å². The molecule has 0 spiro atoms. The van der Waals surface area contributed by atoms with Crippen molar-refractivity contribution < 1.29 is 9.53 Å². The minimum Gasteiger partial charge on any atom is -0.378 e. The number of aryl methyl sites for hydroxylation is 2. The molecular formula is C20H22N6O2S. The summed E-state index contributed by atoms with van der Waals surface area (Å²) in [5.41, 5.74) is 3.69. The zero-order chi connectivity index (χ0) is 20.0. The molecular weight excluding hydrogens is 388 g/mol. The number of carbonyl (C=O) groups is 1. The molecule has 0 atom stereocenters. The van der Waals surface area contributed by atoms with Crippen molar-refractivity contribution in [3.8, 4) is 0 Å². The maximum Gasteiger partial charge on any atom is 0.269 e. The van der Waals surface area contributed by atoms with Crippen LogP contribution in [-0.4, -0.2) is 67.0 Å². The molecule has 1 N–H and O–H groups in total. The van der Waals surface area contributed by atoms with Gasteiger partial charge in [-0.25, -0.2) is 9.98 Å². The molecule has 0 aliphatic carbocycles. The second-order valence-electron chi connectivity index (χ2n) is 7.19. The smallest absolute Gasteiger partial charge is 0.269 e. The molecule has 29 heavy (non-hydrogen) atoms. The van der Waals surface area contributed by atoms with Gasteiger partial charge in [-0.3, -0.25) is 20.0 Å². The van der Waals surface area contributed by atoms with Gasteiger partial charge in [-0.1, -0.05) is 0 Å². The van der Waals surface area contributed by atoms with E-state index >= 15 is 0 Å². The Balaban J connectivity index is 1.48. The van der Waals surface area contributed by atoms with Crippen molar-refractivity contribution in [3.05, 3.63) is 39.3 Å². The molecule has 0 radical (unpaired) electrons. The second kappa shape index (κ2) is 7.23. The topological polar surface area (TPSA) is 82.4 Å². The fourth-order valence-corrected chi connectivity index (χ4v) is 4.69. The summed E-state index contributed by atoms with van der Waals surface area (Å²) in [5, 5.41) is 3.87. The van der Waals surface area contributed by atoms with Crippen molar-refractivity contribution in [3.63, 3.8) is 0 Å². The highest BCUT2D eigenvalue weighted by Crippen LogP contribution is 2.32. The molecule has 150 valence electrons. The molecule has 1 aromatic carbocycles. The summed E-state index contributed by atoms with van der Waals surface area (Å²) in [7, 11) is 0. The van der Waals surface area contributed by atoms with Crippen LogP contribution in [0.15, 0.2) is 28.2 Å². The molecule has 1 saturated heterocycles. The lowest BCUT2D eigenvalue weighted by molar-refractivity contribution is 0.0977. The highest BCUT2D eigenvalue weighted by Gasteiger charge is 2.31. The van der Waals surface area contributed by atoms with Crippen molar-refractivity contribution in [2.45, 2.75) is 13.8 Å².